The summed E-state index contributed by atoms with van der Waals surface area (Å²) in [4.78, 5) is 0. The number of ether oxygens (including phenoxy) is 1. The van der Waals surface area contributed by atoms with E-state index < -0.39 is 0 Å². The molecule has 2 aliphatic rings. The smallest absolute Gasteiger partial charge is 0.0850 e. The molecule has 1 aliphatic carbocycles. The normalized spacial score (nSPS) is 29.2. The Morgan fingerprint density at radius 3 is 2.76 bits per heavy atom. The molecule has 1 saturated heterocycles. The summed E-state index contributed by atoms with van der Waals surface area (Å²) in [5.74, 6) is 0.627. The molecule has 2 heterocycles. The summed E-state index contributed by atoms with van der Waals surface area (Å²) in [6, 6.07) is 0. The third kappa shape index (κ3) is 2.62. The fraction of sp³-hybridized carbons (Fsp3) is 0.812. The Balaban J connectivity index is 1.91. The Morgan fingerprint density at radius 1 is 1.43 bits per heavy atom. The molecule has 1 saturated carbocycles. The highest BCUT2D eigenvalue weighted by atomic mass is 35.5. The van der Waals surface area contributed by atoms with E-state index in [0.717, 1.165) is 48.8 Å². The minimum Gasteiger partial charge on any atom is -0.396 e. The van der Waals surface area contributed by atoms with Crippen LogP contribution in [-0.4, -0.2) is 34.2 Å². The Hall–Kier alpha value is -0.580. The lowest BCUT2D eigenvalue weighted by atomic mass is 9.75. The van der Waals surface area contributed by atoms with E-state index in [2.05, 4.69) is 18.9 Å². The number of hydrogen-bond acceptors (Lipinski definition) is 3. The zero-order chi connectivity index (χ0) is 15.0. The molecule has 3 rings (SSSR count). The SMILES string of the molecule is CCc1nn(CC)c(CC2(CO)CCOC2C2CC2)c1Cl. The van der Waals surface area contributed by atoms with Gasteiger partial charge in [0.1, 0.15) is 0 Å². The second kappa shape index (κ2) is 5.90. The highest BCUT2D eigenvalue weighted by molar-refractivity contribution is 6.31. The third-order valence-electron chi connectivity index (χ3n) is 5.08. The third-order valence-corrected chi connectivity index (χ3v) is 5.52. The van der Waals surface area contributed by atoms with Crippen molar-refractivity contribution in [2.75, 3.05) is 13.2 Å². The van der Waals surface area contributed by atoms with E-state index in [-0.39, 0.29) is 18.1 Å². The van der Waals surface area contributed by atoms with Gasteiger partial charge >= 0.3 is 0 Å². The van der Waals surface area contributed by atoms with Crippen LogP contribution in [0.3, 0.4) is 0 Å². The topological polar surface area (TPSA) is 47.3 Å². The van der Waals surface area contributed by atoms with Crippen molar-refractivity contribution in [3.8, 4) is 0 Å². The van der Waals surface area contributed by atoms with Crippen LogP contribution in [0.1, 0.15) is 44.5 Å². The second-order valence-electron chi connectivity index (χ2n) is 6.45. The van der Waals surface area contributed by atoms with E-state index in [1.165, 1.54) is 12.8 Å². The van der Waals surface area contributed by atoms with Gasteiger partial charge in [-0.1, -0.05) is 18.5 Å². The molecular weight excluding hydrogens is 288 g/mol. The zero-order valence-electron chi connectivity index (χ0n) is 12.9. The number of nitrogens with zero attached hydrogens (tertiary/aromatic N) is 2. The molecule has 5 heteroatoms. The van der Waals surface area contributed by atoms with E-state index in [4.69, 9.17) is 16.3 Å². The molecule has 0 amide bonds. The average Bonchev–Trinajstić information content (AvgIpc) is 3.19. The molecule has 1 aromatic rings. The Bertz CT molecular complexity index is 513. The molecule has 0 aromatic carbocycles. The number of rotatable bonds is 6. The molecule has 118 valence electrons. The minimum absolute atomic E-state index is 0.168. The van der Waals surface area contributed by atoms with Gasteiger partial charge in [-0.25, -0.2) is 0 Å². The maximum Gasteiger partial charge on any atom is 0.0850 e. The van der Waals surface area contributed by atoms with Crippen LogP contribution in [-0.2, 0) is 24.1 Å². The van der Waals surface area contributed by atoms with Gasteiger partial charge in [-0.3, -0.25) is 4.68 Å². The van der Waals surface area contributed by atoms with Gasteiger partial charge in [0.2, 0.25) is 0 Å². The molecule has 21 heavy (non-hydrogen) atoms. The first-order valence-electron chi connectivity index (χ1n) is 8.11. The molecule has 1 N–H and O–H groups in total. The predicted octanol–water partition coefficient (Wildman–Crippen LogP) is 2.84. The summed E-state index contributed by atoms with van der Waals surface area (Å²) in [6.07, 6.45) is 5.17. The van der Waals surface area contributed by atoms with Crippen LogP contribution in [0.2, 0.25) is 5.02 Å². The zero-order valence-corrected chi connectivity index (χ0v) is 13.7. The predicted molar refractivity (Wildman–Crippen MR) is 82.6 cm³/mol. The maximum absolute atomic E-state index is 10.1. The van der Waals surface area contributed by atoms with Crippen LogP contribution in [0.15, 0.2) is 0 Å². The molecule has 0 spiro atoms. The molecule has 2 atom stereocenters. The highest BCUT2D eigenvalue weighted by Gasteiger charge is 2.51. The summed E-state index contributed by atoms with van der Waals surface area (Å²) >= 11 is 6.54. The Labute approximate surface area is 131 Å². The first-order valence-corrected chi connectivity index (χ1v) is 8.49. The number of hydrogen-bond donors (Lipinski definition) is 1. The summed E-state index contributed by atoms with van der Waals surface area (Å²) in [5.41, 5.74) is 1.85. The number of halogens is 1. The fourth-order valence-corrected chi connectivity index (χ4v) is 4.01. The van der Waals surface area contributed by atoms with Crippen LogP contribution < -0.4 is 0 Å². The van der Waals surface area contributed by atoms with Gasteiger partial charge in [-0.05, 0) is 38.5 Å². The Kier molecular flexibility index (Phi) is 4.30. The number of aromatic nitrogens is 2. The van der Waals surface area contributed by atoms with Crippen LogP contribution in [0.4, 0.5) is 0 Å². The quantitative estimate of drug-likeness (QED) is 0.878. The summed E-state index contributed by atoms with van der Waals surface area (Å²) in [6.45, 7) is 5.89. The monoisotopic (exact) mass is 312 g/mol. The van der Waals surface area contributed by atoms with E-state index >= 15 is 0 Å². The van der Waals surface area contributed by atoms with Crippen molar-refractivity contribution in [2.45, 2.75) is 58.6 Å². The van der Waals surface area contributed by atoms with E-state index in [9.17, 15) is 5.11 Å². The van der Waals surface area contributed by atoms with Crippen LogP contribution in [0.5, 0.6) is 0 Å². The standard InChI is InChI=1S/C16H25ClN2O2/c1-3-12-14(17)13(19(4-2)18-12)9-16(10-20)7-8-21-15(16)11-5-6-11/h11,15,20H,3-10H2,1-2H3. The number of aryl methyl sites for hydroxylation is 2. The lowest BCUT2D eigenvalue weighted by Crippen LogP contribution is -2.39. The summed E-state index contributed by atoms with van der Waals surface area (Å²) in [7, 11) is 0. The number of aliphatic hydroxyl groups excluding tert-OH is 1. The molecule has 2 fully saturated rings. The fourth-order valence-electron chi connectivity index (χ4n) is 3.68. The molecule has 0 radical (unpaired) electrons. The highest BCUT2D eigenvalue weighted by Crippen LogP contribution is 2.49. The maximum atomic E-state index is 10.1. The summed E-state index contributed by atoms with van der Waals surface area (Å²) < 4.78 is 7.97. The average molecular weight is 313 g/mol. The lowest BCUT2D eigenvalue weighted by molar-refractivity contribution is -0.000382. The van der Waals surface area contributed by atoms with Crippen molar-refractivity contribution in [1.29, 1.82) is 0 Å². The lowest BCUT2D eigenvalue weighted by Gasteiger charge is -2.32. The summed E-state index contributed by atoms with van der Waals surface area (Å²) in [5, 5.41) is 15.5. The van der Waals surface area contributed by atoms with E-state index in [0.29, 0.717) is 5.92 Å². The molecule has 4 nitrogen and oxygen atoms in total. The van der Waals surface area contributed by atoms with Crippen LogP contribution >= 0.6 is 11.6 Å². The van der Waals surface area contributed by atoms with Gasteiger partial charge < -0.3 is 9.84 Å². The van der Waals surface area contributed by atoms with Gasteiger partial charge in [-0.2, -0.15) is 5.10 Å². The minimum atomic E-state index is -0.178. The second-order valence-corrected chi connectivity index (χ2v) is 6.83. The van der Waals surface area contributed by atoms with Crippen molar-refractivity contribution >= 4 is 11.6 Å². The molecule has 1 aromatic heterocycles. The Morgan fingerprint density at radius 2 is 2.19 bits per heavy atom. The van der Waals surface area contributed by atoms with Crippen molar-refractivity contribution in [2.24, 2.45) is 11.3 Å². The van der Waals surface area contributed by atoms with Gasteiger partial charge in [0.05, 0.1) is 29.1 Å². The first-order chi connectivity index (χ1) is 10.1. The van der Waals surface area contributed by atoms with Crippen LogP contribution in [0, 0.1) is 11.3 Å². The van der Waals surface area contributed by atoms with Gasteiger partial charge in [-0.15, -0.1) is 0 Å². The largest absolute Gasteiger partial charge is 0.396 e. The van der Waals surface area contributed by atoms with Crippen molar-refractivity contribution in [1.82, 2.24) is 9.78 Å². The van der Waals surface area contributed by atoms with E-state index in [1.54, 1.807) is 0 Å². The van der Waals surface area contributed by atoms with Gasteiger partial charge in [0.15, 0.2) is 0 Å². The molecule has 1 aliphatic heterocycles. The van der Waals surface area contributed by atoms with Crippen molar-refractivity contribution in [3.63, 3.8) is 0 Å². The van der Waals surface area contributed by atoms with Crippen LogP contribution in [0.25, 0.3) is 0 Å². The molecule has 0 bridgehead atoms. The van der Waals surface area contributed by atoms with Gasteiger partial charge in [0, 0.05) is 25.0 Å². The molecular formula is C16H25ClN2O2. The first kappa shape index (κ1) is 15.3. The van der Waals surface area contributed by atoms with E-state index in [1.807, 2.05) is 4.68 Å². The van der Waals surface area contributed by atoms with Crippen molar-refractivity contribution < 1.29 is 9.84 Å². The number of aliphatic hydroxyl groups is 1. The molecule has 2 unspecified atom stereocenters. The van der Waals surface area contributed by atoms with Gasteiger partial charge in [0.25, 0.3) is 0 Å². The van der Waals surface area contributed by atoms with Crippen molar-refractivity contribution in [3.05, 3.63) is 16.4 Å².